The summed E-state index contributed by atoms with van der Waals surface area (Å²) in [6, 6.07) is 16.6. The Labute approximate surface area is 202 Å². The number of piperazine rings is 1. The predicted octanol–water partition coefficient (Wildman–Crippen LogP) is 5.56. The molecule has 0 unspecified atom stereocenters. The average molecular weight is 484 g/mol. The molecule has 1 N–H and O–H groups in total. The zero-order valence-corrected chi connectivity index (χ0v) is 20.3. The lowest BCUT2D eigenvalue weighted by atomic mass is 10.0. The Hall–Kier alpha value is -2.97. The number of hydrogen-bond acceptors (Lipinski definition) is 5. The van der Waals surface area contributed by atoms with Crippen LogP contribution in [0.25, 0.3) is 11.1 Å². The quantitative estimate of drug-likeness (QED) is 0.379. The Bertz CT molecular complexity index is 1140. The van der Waals surface area contributed by atoms with Gasteiger partial charge in [0.15, 0.2) is 5.11 Å². The lowest BCUT2D eigenvalue weighted by Crippen LogP contribution is -2.50. The first kappa shape index (κ1) is 23.2. The van der Waals surface area contributed by atoms with Crippen LogP contribution in [0.1, 0.15) is 22.2 Å². The number of nitrogens with one attached hydrogen (secondary N) is 1. The van der Waals surface area contributed by atoms with Crippen LogP contribution in [0.4, 0.5) is 15.1 Å². The largest absolute Gasteiger partial charge is 0.462 e. The summed E-state index contributed by atoms with van der Waals surface area (Å²) in [5.41, 5.74) is 2.96. The van der Waals surface area contributed by atoms with E-state index < -0.39 is 0 Å². The summed E-state index contributed by atoms with van der Waals surface area (Å²) in [5.74, 6) is -0.580. The minimum Gasteiger partial charge on any atom is -0.462 e. The van der Waals surface area contributed by atoms with Crippen molar-refractivity contribution < 1.29 is 13.9 Å². The molecule has 2 heterocycles. The number of ether oxygens (including phenoxy) is 1. The van der Waals surface area contributed by atoms with E-state index in [1.807, 2.05) is 48.2 Å². The average Bonchev–Trinajstić information content (AvgIpc) is 3.15. The number of aryl methyl sites for hydroxylation is 1. The fourth-order valence-electron chi connectivity index (χ4n) is 4.02. The van der Waals surface area contributed by atoms with E-state index >= 15 is 0 Å². The van der Waals surface area contributed by atoms with E-state index in [2.05, 4.69) is 10.2 Å². The molecule has 0 bridgehead atoms. The molecule has 0 amide bonds. The van der Waals surface area contributed by atoms with E-state index in [-0.39, 0.29) is 11.8 Å². The summed E-state index contributed by atoms with van der Waals surface area (Å²) in [6.07, 6.45) is 0. The maximum absolute atomic E-state index is 14.1. The minimum atomic E-state index is -0.365. The fraction of sp³-hybridized carbons (Fsp3) is 0.280. The van der Waals surface area contributed by atoms with Gasteiger partial charge in [0, 0.05) is 36.6 Å². The van der Waals surface area contributed by atoms with Crippen LogP contribution in [0.3, 0.4) is 0 Å². The number of thiocarbonyl (C=S) groups is 1. The molecule has 1 saturated heterocycles. The summed E-state index contributed by atoms with van der Waals surface area (Å²) in [5, 5.41) is 4.54. The third-order valence-corrected chi connectivity index (χ3v) is 6.99. The van der Waals surface area contributed by atoms with E-state index in [1.165, 1.54) is 17.4 Å². The highest BCUT2D eigenvalue weighted by atomic mass is 32.1. The molecule has 1 aliphatic heterocycles. The van der Waals surface area contributed by atoms with Crippen molar-refractivity contribution >= 4 is 45.3 Å². The monoisotopic (exact) mass is 483 g/mol. The van der Waals surface area contributed by atoms with Crippen LogP contribution in [-0.2, 0) is 4.74 Å². The van der Waals surface area contributed by atoms with Crippen LogP contribution in [0.5, 0.6) is 0 Å². The Morgan fingerprint density at radius 2 is 1.76 bits per heavy atom. The molecule has 0 radical (unpaired) electrons. The van der Waals surface area contributed by atoms with Crippen molar-refractivity contribution in [2.24, 2.45) is 0 Å². The minimum absolute atomic E-state index is 0.215. The van der Waals surface area contributed by atoms with Gasteiger partial charge in [-0.1, -0.05) is 42.5 Å². The standard InChI is InChI=1S/C25H26FN3O2S2/c1-3-31-24(30)22-21(18-9-5-4-6-10-18)17(2)33-23(22)27-25(32)29-15-13-28(14-16-29)20-12-8-7-11-19(20)26/h4-12H,3,13-16H2,1-2H3,(H,27,32). The predicted molar refractivity (Wildman–Crippen MR) is 137 cm³/mol. The van der Waals surface area contributed by atoms with Gasteiger partial charge in [-0.05, 0) is 43.8 Å². The molecule has 33 heavy (non-hydrogen) atoms. The number of para-hydroxylation sites is 1. The number of carbonyl (C=O) groups excluding carboxylic acids is 1. The zero-order chi connectivity index (χ0) is 23.4. The van der Waals surface area contributed by atoms with Gasteiger partial charge in [0.05, 0.1) is 12.3 Å². The van der Waals surface area contributed by atoms with Gasteiger partial charge in [0.2, 0.25) is 0 Å². The molecule has 0 spiro atoms. The lowest BCUT2D eigenvalue weighted by Gasteiger charge is -2.37. The number of nitrogens with zero attached hydrogens (tertiary/aromatic N) is 2. The van der Waals surface area contributed by atoms with Crippen molar-refractivity contribution in [2.75, 3.05) is 43.0 Å². The van der Waals surface area contributed by atoms with Crippen molar-refractivity contribution in [2.45, 2.75) is 13.8 Å². The first-order valence-corrected chi connectivity index (χ1v) is 12.1. The number of anilines is 2. The zero-order valence-electron chi connectivity index (χ0n) is 18.6. The molecule has 1 fully saturated rings. The van der Waals surface area contributed by atoms with Gasteiger partial charge in [0.1, 0.15) is 16.4 Å². The SMILES string of the molecule is CCOC(=O)c1c(NC(=S)N2CCN(c3ccccc3F)CC2)sc(C)c1-c1ccccc1. The smallest absolute Gasteiger partial charge is 0.341 e. The van der Waals surface area contributed by atoms with Crippen molar-refractivity contribution in [3.63, 3.8) is 0 Å². The number of hydrogen-bond donors (Lipinski definition) is 1. The second-order valence-electron chi connectivity index (χ2n) is 7.68. The van der Waals surface area contributed by atoms with Gasteiger partial charge >= 0.3 is 5.97 Å². The van der Waals surface area contributed by atoms with Crippen molar-refractivity contribution in [1.82, 2.24) is 4.90 Å². The first-order chi connectivity index (χ1) is 16.0. The maximum Gasteiger partial charge on any atom is 0.341 e. The number of esters is 1. The molecular weight excluding hydrogens is 457 g/mol. The molecule has 8 heteroatoms. The Morgan fingerprint density at radius 1 is 1.09 bits per heavy atom. The van der Waals surface area contributed by atoms with E-state index in [1.54, 1.807) is 19.1 Å². The van der Waals surface area contributed by atoms with Crippen LogP contribution in [-0.4, -0.2) is 48.8 Å². The molecule has 0 saturated carbocycles. The number of thiophene rings is 1. The third kappa shape index (κ3) is 5.02. The highest BCUT2D eigenvalue weighted by molar-refractivity contribution is 7.80. The van der Waals surface area contributed by atoms with E-state index in [0.717, 1.165) is 16.0 Å². The Balaban J connectivity index is 1.52. The Morgan fingerprint density at radius 3 is 2.42 bits per heavy atom. The van der Waals surface area contributed by atoms with E-state index in [0.29, 0.717) is 54.2 Å². The fourth-order valence-corrected chi connectivity index (χ4v) is 5.43. The van der Waals surface area contributed by atoms with Gasteiger partial charge in [-0.2, -0.15) is 0 Å². The second kappa shape index (κ2) is 10.3. The highest BCUT2D eigenvalue weighted by Crippen LogP contribution is 2.40. The first-order valence-electron chi connectivity index (χ1n) is 10.9. The molecule has 1 aliphatic rings. The van der Waals surface area contributed by atoms with Crippen LogP contribution in [0.2, 0.25) is 0 Å². The van der Waals surface area contributed by atoms with Gasteiger partial charge in [-0.3, -0.25) is 0 Å². The molecule has 0 aliphatic carbocycles. The lowest BCUT2D eigenvalue weighted by molar-refractivity contribution is 0.0529. The number of rotatable bonds is 5. The van der Waals surface area contributed by atoms with Gasteiger partial charge in [-0.15, -0.1) is 11.3 Å². The summed E-state index contributed by atoms with van der Waals surface area (Å²) >= 11 is 7.19. The van der Waals surface area contributed by atoms with Crippen LogP contribution >= 0.6 is 23.6 Å². The topological polar surface area (TPSA) is 44.8 Å². The number of benzene rings is 2. The molecule has 2 aromatic carbocycles. The summed E-state index contributed by atoms with van der Waals surface area (Å²) in [7, 11) is 0. The second-order valence-corrected chi connectivity index (χ2v) is 9.29. The molecule has 5 nitrogen and oxygen atoms in total. The van der Waals surface area contributed by atoms with Gasteiger partial charge in [-0.25, -0.2) is 9.18 Å². The molecule has 3 aromatic rings. The third-order valence-electron chi connectivity index (χ3n) is 5.61. The van der Waals surface area contributed by atoms with Crippen molar-refractivity contribution in [3.05, 3.63) is 70.9 Å². The number of halogens is 1. The van der Waals surface area contributed by atoms with Crippen LogP contribution in [0, 0.1) is 12.7 Å². The highest BCUT2D eigenvalue weighted by Gasteiger charge is 2.27. The molecule has 0 atom stereocenters. The number of carbonyl (C=O) groups is 1. The summed E-state index contributed by atoms with van der Waals surface area (Å²) in [4.78, 5) is 18.0. The molecule has 1 aromatic heterocycles. The molecule has 172 valence electrons. The van der Waals surface area contributed by atoms with Crippen molar-refractivity contribution in [1.29, 1.82) is 0 Å². The van der Waals surface area contributed by atoms with Crippen LogP contribution in [0.15, 0.2) is 54.6 Å². The maximum atomic E-state index is 14.1. The van der Waals surface area contributed by atoms with E-state index in [9.17, 15) is 9.18 Å². The Kier molecular flexibility index (Phi) is 7.25. The molecule has 4 rings (SSSR count). The summed E-state index contributed by atoms with van der Waals surface area (Å²) in [6.45, 7) is 6.72. The van der Waals surface area contributed by atoms with Gasteiger partial charge in [0.25, 0.3) is 0 Å². The van der Waals surface area contributed by atoms with Crippen LogP contribution < -0.4 is 10.2 Å². The normalized spacial score (nSPS) is 13.7. The van der Waals surface area contributed by atoms with Crippen molar-refractivity contribution in [3.8, 4) is 11.1 Å². The van der Waals surface area contributed by atoms with Gasteiger partial charge < -0.3 is 19.9 Å². The molecular formula is C25H26FN3O2S2. The summed E-state index contributed by atoms with van der Waals surface area (Å²) < 4.78 is 19.5. The van der Waals surface area contributed by atoms with E-state index in [4.69, 9.17) is 17.0 Å².